The van der Waals surface area contributed by atoms with Crippen LogP contribution in [0.2, 0.25) is 0 Å². The molecule has 0 spiro atoms. The van der Waals surface area contributed by atoms with Crippen molar-refractivity contribution in [3.63, 3.8) is 0 Å². The maximum Gasteiger partial charge on any atom is 0.0577 e. The average Bonchev–Trinajstić information content (AvgIpc) is 2.98. The largest absolute Gasteiger partial charge is 0.393 e. The summed E-state index contributed by atoms with van der Waals surface area (Å²) >= 11 is 0. The van der Waals surface area contributed by atoms with Gasteiger partial charge in [0.05, 0.1) is 6.10 Å². The third-order valence-corrected chi connectivity index (χ3v) is 10.7. The molecule has 0 radical (unpaired) electrons. The van der Waals surface area contributed by atoms with Gasteiger partial charge in [0.2, 0.25) is 0 Å². The van der Waals surface area contributed by atoms with Crippen molar-refractivity contribution in [2.75, 3.05) is 0 Å². The van der Waals surface area contributed by atoms with E-state index < -0.39 is 0 Å². The molecule has 4 rings (SSSR count). The van der Waals surface area contributed by atoms with Gasteiger partial charge in [-0.3, -0.25) is 0 Å². The Kier molecular flexibility index (Phi) is 6.05. The molecule has 0 aromatic heterocycles. The van der Waals surface area contributed by atoms with Crippen LogP contribution in [-0.2, 0) is 0 Å². The highest BCUT2D eigenvalue weighted by molar-refractivity contribution is 5.25. The minimum absolute atomic E-state index is 0.0827. The lowest BCUT2D eigenvalue weighted by atomic mass is 9.47. The highest BCUT2D eigenvalue weighted by Gasteiger charge is 2.59. The van der Waals surface area contributed by atoms with Crippen molar-refractivity contribution in [1.29, 1.82) is 0 Å². The molecule has 3 fully saturated rings. The summed E-state index contributed by atoms with van der Waals surface area (Å²) in [5, 5.41) is 10.3. The summed E-state index contributed by atoms with van der Waals surface area (Å²) in [6.07, 6.45) is 15.6. The van der Waals surface area contributed by atoms with Gasteiger partial charge >= 0.3 is 0 Å². The Bertz CT molecular complexity index is 659. The molecule has 0 amide bonds. The van der Waals surface area contributed by atoms with Crippen LogP contribution >= 0.6 is 0 Å². The summed E-state index contributed by atoms with van der Waals surface area (Å²) < 4.78 is 0. The Labute approximate surface area is 187 Å². The van der Waals surface area contributed by atoms with Gasteiger partial charge in [-0.1, -0.05) is 60.1 Å². The Morgan fingerprint density at radius 1 is 1.00 bits per heavy atom. The van der Waals surface area contributed by atoms with Gasteiger partial charge in [0.25, 0.3) is 0 Å². The number of allylic oxidation sites excluding steroid dienone is 1. The summed E-state index contributed by atoms with van der Waals surface area (Å²) in [6.45, 7) is 17.7. The fraction of sp³-hybridized carbons (Fsp3) is 0.931. The molecular weight excluding hydrogens is 364 g/mol. The molecule has 4 aliphatic rings. The van der Waals surface area contributed by atoms with Crippen molar-refractivity contribution in [2.45, 2.75) is 119 Å². The molecule has 3 saturated carbocycles. The van der Waals surface area contributed by atoms with E-state index >= 15 is 0 Å². The van der Waals surface area contributed by atoms with Crippen LogP contribution in [0, 0.1) is 51.8 Å². The van der Waals surface area contributed by atoms with Gasteiger partial charge in [0.15, 0.2) is 0 Å². The number of aliphatic hydroxyl groups is 1. The molecule has 0 aromatic carbocycles. The van der Waals surface area contributed by atoms with Gasteiger partial charge in [-0.15, -0.1) is 0 Å². The minimum Gasteiger partial charge on any atom is -0.393 e. The van der Waals surface area contributed by atoms with E-state index in [1.54, 1.807) is 5.57 Å². The molecule has 0 aromatic rings. The molecule has 8 unspecified atom stereocenters. The summed E-state index contributed by atoms with van der Waals surface area (Å²) in [4.78, 5) is 0. The number of hydrogen-bond acceptors (Lipinski definition) is 1. The number of aliphatic hydroxyl groups excluding tert-OH is 1. The fourth-order valence-electron chi connectivity index (χ4n) is 9.82. The normalized spacial score (nSPS) is 44.8. The molecule has 1 N–H and O–H groups in total. The molecular formula is C29H50O. The smallest absolute Gasteiger partial charge is 0.0577 e. The number of rotatable bonds is 5. The van der Waals surface area contributed by atoms with Gasteiger partial charge in [0, 0.05) is 0 Å². The van der Waals surface area contributed by atoms with E-state index in [0.29, 0.717) is 16.2 Å². The topological polar surface area (TPSA) is 20.2 Å². The van der Waals surface area contributed by atoms with Crippen molar-refractivity contribution in [3.05, 3.63) is 11.6 Å². The van der Waals surface area contributed by atoms with Crippen molar-refractivity contribution < 1.29 is 5.11 Å². The Balaban J connectivity index is 1.51. The van der Waals surface area contributed by atoms with Gasteiger partial charge in [-0.25, -0.2) is 0 Å². The van der Waals surface area contributed by atoms with Crippen LogP contribution in [0.15, 0.2) is 11.6 Å². The monoisotopic (exact) mass is 414 g/mol. The zero-order valence-corrected chi connectivity index (χ0v) is 21.1. The van der Waals surface area contributed by atoms with Crippen molar-refractivity contribution in [1.82, 2.24) is 0 Å². The van der Waals surface area contributed by atoms with Gasteiger partial charge < -0.3 is 5.11 Å². The lowest BCUT2D eigenvalue weighted by Crippen LogP contribution is -2.51. The summed E-state index contributed by atoms with van der Waals surface area (Å²) in [5.41, 5.74) is 3.03. The SMILES string of the molecule is CC(C)CC(C)(C)CC(C)C1CCC2C3CC=C4CC(O)CCC4(C)C3CCC12C. The molecule has 0 bridgehead atoms. The first-order valence-corrected chi connectivity index (χ1v) is 13.3. The van der Waals surface area contributed by atoms with Crippen molar-refractivity contribution >= 4 is 0 Å². The molecule has 0 aliphatic heterocycles. The molecule has 30 heavy (non-hydrogen) atoms. The first-order chi connectivity index (χ1) is 14.0. The summed E-state index contributed by atoms with van der Waals surface area (Å²) in [6, 6.07) is 0. The van der Waals surface area contributed by atoms with E-state index in [1.165, 1.54) is 51.4 Å². The minimum atomic E-state index is -0.0827. The van der Waals surface area contributed by atoms with Gasteiger partial charge in [-0.05, 0) is 116 Å². The van der Waals surface area contributed by atoms with E-state index in [-0.39, 0.29) is 6.10 Å². The molecule has 172 valence electrons. The zero-order chi connectivity index (χ0) is 21.9. The predicted molar refractivity (Wildman–Crippen MR) is 128 cm³/mol. The number of hydrogen-bond donors (Lipinski definition) is 1. The van der Waals surface area contributed by atoms with Gasteiger partial charge in [-0.2, -0.15) is 0 Å². The van der Waals surface area contributed by atoms with E-state index in [1.807, 2.05) is 0 Å². The molecule has 1 heteroatoms. The highest BCUT2D eigenvalue weighted by atomic mass is 16.3. The molecule has 8 atom stereocenters. The molecule has 1 nitrogen and oxygen atoms in total. The van der Waals surface area contributed by atoms with Crippen LogP contribution in [0.25, 0.3) is 0 Å². The van der Waals surface area contributed by atoms with Crippen LogP contribution in [0.3, 0.4) is 0 Å². The van der Waals surface area contributed by atoms with E-state index in [0.717, 1.165) is 48.3 Å². The molecule has 4 aliphatic carbocycles. The second-order valence-electron chi connectivity index (χ2n) is 13.8. The Hall–Kier alpha value is -0.300. The second kappa shape index (κ2) is 7.93. The number of fused-ring (bicyclic) bond motifs is 5. The third-order valence-electron chi connectivity index (χ3n) is 10.7. The molecule has 0 heterocycles. The van der Waals surface area contributed by atoms with Crippen LogP contribution in [0.4, 0.5) is 0 Å². The van der Waals surface area contributed by atoms with Crippen molar-refractivity contribution in [2.24, 2.45) is 51.8 Å². The predicted octanol–water partition coefficient (Wildman–Crippen LogP) is 8.02. The fourth-order valence-corrected chi connectivity index (χ4v) is 9.82. The maximum atomic E-state index is 10.3. The first-order valence-electron chi connectivity index (χ1n) is 13.3. The van der Waals surface area contributed by atoms with E-state index in [2.05, 4.69) is 54.5 Å². The zero-order valence-electron chi connectivity index (χ0n) is 21.1. The second-order valence-corrected chi connectivity index (χ2v) is 13.8. The van der Waals surface area contributed by atoms with Crippen LogP contribution < -0.4 is 0 Å². The lowest BCUT2D eigenvalue weighted by molar-refractivity contribution is -0.0593. The maximum absolute atomic E-state index is 10.3. The van der Waals surface area contributed by atoms with Gasteiger partial charge in [0.1, 0.15) is 0 Å². The standard InChI is InChI=1S/C29H50O/c1-19(2)17-27(4,5)18-20(3)24-10-11-25-23-9-8-21-16-22(30)12-14-28(21,6)26(23)13-15-29(24,25)7/h8,19-20,22-26,30H,9-18H2,1-7H3. The summed E-state index contributed by atoms with van der Waals surface area (Å²) in [5.74, 6) is 5.26. The average molecular weight is 415 g/mol. The van der Waals surface area contributed by atoms with E-state index in [4.69, 9.17) is 0 Å². The van der Waals surface area contributed by atoms with Crippen LogP contribution in [0.1, 0.15) is 113 Å². The van der Waals surface area contributed by atoms with E-state index in [9.17, 15) is 5.11 Å². The van der Waals surface area contributed by atoms with Crippen LogP contribution in [-0.4, -0.2) is 11.2 Å². The van der Waals surface area contributed by atoms with Crippen molar-refractivity contribution in [3.8, 4) is 0 Å². The Morgan fingerprint density at radius 3 is 2.43 bits per heavy atom. The highest BCUT2D eigenvalue weighted by Crippen LogP contribution is 2.67. The quantitative estimate of drug-likeness (QED) is 0.451. The Morgan fingerprint density at radius 2 is 1.73 bits per heavy atom. The molecule has 0 saturated heterocycles. The first kappa shape index (κ1) is 22.9. The lowest BCUT2D eigenvalue weighted by Gasteiger charge is -2.58. The summed E-state index contributed by atoms with van der Waals surface area (Å²) in [7, 11) is 0. The van der Waals surface area contributed by atoms with Crippen LogP contribution in [0.5, 0.6) is 0 Å². The third kappa shape index (κ3) is 3.84.